The van der Waals surface area contributed by atoms with Crippen molar-refractivity contribution in [3.63, 3.8) is 0 Å². The molecule has 0 heterocycles. The zero-order chi connectivity index (χ0) is 72.0. The maximum absolute atomic E-state index is 5.85. The van der Waals surface area contributed by atoms with Gasteiger partial charge < -0.3 is 75.8 Å². The summed E-state index contributed by atoms with van der Waals surface area (Å²) in [5.74, 6) is 3.40. The lowest BCUT2D eigenvalue weighted by atomic mass is 10.0. The minimum atomic E-state index is -0.169. The Morgan fingerprint density at radius 1 is 0.260 bits per heavy atom. The summed E-state index contributed by atoms with van der Waals surface area (Å²) in [5.41, 5.74) is 5.45. The molecule has 0 aliphatic heterocycles. The van der Waals surface area contributed by atoms with Crippen molar-refractivity contribution >= 4 is 0 Å². The van der Waals surface area contributed by atoms with Gasteiger partial charge in [0, 0.05) is 28.4 Å². The summed E-state index contributed by atoms with van der Waals surface area (Å²) in [6, 6.07) is 33.3. The fraction of sp³-hybridized carbons (Fsp3) is 0.636. The maximum atomic E-state index is 5.85. The van der Waals surface area contributed by atoms with E-state index in [0.29, 0.717) is 79.3 Å². The van der Waals surface area contributed by atoms with Crippen LogP contribution in [0.5, 0.6) is 23.0 Å². The Labute approximate surface area is 637 Å². The topological polar surface area (TPSA) is 148 Å². The van der Waals surface area contributed by atoms with Crippen molar-refractivity contribution in [3.05, 3.63) is 170 Å². The van der Waals surface area contributed by atoms with E-state index in [1.807, 2.05) is 48.5 Å². The van der Waals surface area contributed by atoms with Crippen LogP contribution in [0.25, 0.3) is 0 Å². The van der Waals surface area contributed by atoms with Crippen LogP contribution in [0.1, 0.15) is 209 Å². The molecule has 4 atom stereocenters. The molecule has 602 valence electrons. The first-order valence-corrected chi connectivity index (χ1v) is 36.7. The molecule has 0 aliphatic rings. The van der Waals surface area contributed by atoms with Crippen molar-refractivity contribution in [1.82, 2.24) is 0 Å². The largest absolute Gasteiger partial charge is 0.491 e. The third-order valence-corrected chi connectivity index (χ3v) is 15.3. The van der Waals surface area contributed by atoms with Crippen LogP contribution < -0.4 is 18.9 Å². The number of methoxy groups -OCH3 is 4. The second-order valence-electron chi connectivity index (χ2n) is 24.2. The first-order valence-electron chi connectivity index (χ1n) is 36.7. The highest BCUT2D eigenvalue weighted by Gasteiger charge is 2.15. The number of rotatable bonds is 63. The fourth-order valence-electron chi connectivity index (χ4n) is 9.66. The van der Waals surface area contributed by atoms with Crippen molar-refractivity contribution in [1.29, 1.82) is 0 Å². The summed E-state index contributed by atoms with van der Waals surface area (Å²) >= 11 is 0. The average Bonchev–Trinajstić information content (AvgIpc) is 0.966. The van der Waals surface area contributed by atoms with E-state index < -0.39 is 0 Å². The smallest absolute Gasteiger partial charge is 0.147 e. The van der Waals surface area contributed by atoms with Crippen molar-refractivity contribution in [2.75, 3.05) is 135 Å². The lowest BCUT2D eigenvalue weighted by Crippen LogP contribution is -2.28. The quantitative estimate of drug-likeness (QED) is 0.0234. The van der Waals surface area contributed by atoms with Gasteiger partial charge in [-0.2, -0.15) is 0 Å². The lowest BCUT2D eigenvalue weighted by molar-refractivity contribution is -0.106. The molecular weight excluding hydrogens is 1310 g/mol. The van der Waals surface area contributed by atoms with Gasteiger partial charge in [-0.1, -0.05) is 234 Å². The van der Waals surface area contributed by atoms with Crippen LogP contribution in [0.4, 0.5) is 0 Å². The second-order valence-corrected chi connectivity index (χ2v) is 24.2. The van der Waals surface area contributed by atoms with E-state index in [4.69, 9.17) is 75.8 Å². The summed E-state index contributed by atoms with van der Waals surface area (Å²) in [5, 5.41) is 0. The Hall–Kier alpha value is -5.44. The van der Waals surface area contributed by atoms with Crippen LogP contribution in [0.15, 0.2) is 148 Å². The standard InChI is InChI=1S/C23H38O4.C22H36O4.C20H32O4.C18H28O4.5CH4/c1-4-6-7-8-9-10-11-12-21-13-15-22(16-14-21)26-19-23(27-20-24-3)18-25-17-5-2;1-4-6-7-8-9-10-11-20-12-14-21(15-13-20)25-18-22(26-19-23-3)17-24-16-5-2;1-4-6-7-8-9-18-10-12-19(13-11-18)23-16-20(24-17-21-3)15-22-14-5-2;1-4-6-7-16-8-10-17(11-9-16)21-14-18(22-15-19-3)13-20-12-5-2;;;;;/h5,13-16,23H,2,4,6-12,17-20H2,1,3H3;5,12-15,22H,2,4,6-11,16-19H2,1,3H3;5,10-13,20H,2,4,6-9,14-17H2,1,3H3;5,8-11,18H,2,4,6-7,12-15H2,1,3H3;5*1H4. The summed E-state index contributed by atoms with van der Waals surface area (Å²) < 4.78 is 87.0. The molecule has 4 aromatic carbocycles. The molecule has 4 aromatic rings. The van der Waals surface area contributed by atoms with Gasteiger partial charge in [0.05, 0.1) is 52.9 Å². The minimum absolute atomic E-state index is 0. The molecule has 0 aromatic heterocycles. The number of unbranched alkanes of at least 4 members (excludes halogenated alkanes) is 15. The molecule has 0 aliphatic carbocycles. The third-order valence-electron chi connectivity index (χ3n) is 15.3. The van der Waals surface area contributed by atoms with Crippen LogP contribution in [-0.4, -0.2) is 159 Å². The predicted molar refractivity (Wildman–Crippen MR) is 438 cm³/mol. The number of hydrogen-bond donors (Lipinski definition) is 0. The molecule has 0 fully saturated rings. The number of hydrogen-bond acceptors (Lipinski definition) is 16. The number of benzene rings is 4. The Bertz CT molecular complexity index is 2370. The Morgan fingerprint density at radius 2 is 0.452 bits per heavy atom. The van der Waals surface area contributed by atoms with E-state index in [1.165, 1.54) is 144 Å². The van der Waals surface area contributed by atoms with Gasteiger partial charge in [0.25, 0.3) is 0 Å². The molecule has 0 radical (unpaired) electrons. The van der Waals surface area contributed by atoms with Crippen LogP contribution in [0.2, 0.25) is 0 Å². The summed E-state index contributed by atoms with van der Waals surface area (Å²) in [4.78, 5) is 0. The molecule has 16 heteroatoms. The average molecular weight is 1470 g/mol. The molecular formula is C88H154O16. The Kier molecular flexibility index (Phi) is 84.1. The van der Waals surface area contributed by atoms with E-state index in [1.54, 1.807) is 52.7 Å². The molecule has 4 unspecified atom stereocenters. The van der Waals surface area contributed by atoms with Crippen molar-refractivity contribution in [2.24, 2.45) is 0 Å². The molecule has 4 rings (SSSR count). The van der Waals surface area contributed by atoms with E-state index in [2.05, 4.69) is 103 Å². The molecule has 0 bridgehead atoms. The highest BCUT2D eigenvalue weighted by atomic mass is 16.7. The summed E-state index contributed by atoms with van der Waals surface area (Å²) in [6.07, 6.45) is 35.7. The minimum Gasteiger partial charge on any atom is -0.491 e. The molecule has 0 spiro atoms. The van der Waals surface area contributed by atoms with E-state index in [-0.39, 0.29) is 88.7 Å². The van der Waals surface area contributed by atoms with Gasteiger partial charge in [-0.05, 0) is 122 Å². The first-order chi connectivity index (χ1) is 48.7. The van der Waals surface area contributed by atoms with Crippen LogP contribution >= 0.6 is 0 Å². The van der Waals surface area contributed by atoms with Crippen LogP contribution in [-0.2, 0) is 82.5 Å². The molecule has 104 heavy (non-hydrogen) atoms. The SMILES string of the molecule is C.C.C.C.C.C=CCOCC(COc1ccc(CCCC)cc1)OCOC.C=CCOCC(COc1ccc(CCCCCC)cc1)OCOC.C=CCOCC(COc1ccc(CCCCCCCC)cc1)OCOC.C=CCOCC(COc1ccc(CCCCCCCCC)cc1)OCOC. The number of ether oxygens (including phenoxy) is 16. The highest BCUT2D eigenvalue weighted by Crippen LogP contribution is 2.20. The van der Waals surface area contributed by atoms with Crippen LogP contribution in [0.3, 0.4) is 0 Å². The predicted octanol–water partition coefficient (Wildman–Crippen LogP) is 21.9. The summed E-state index contributed by atoms with van der Waals surface area (Å²) in [6.45, 7) is 29.9. The monoisotopic (exact) mass is 1470 g/mol. The van der Waals surface area contributed by atoms with Crippen molar-refractivity contribution < 1.29 is 75.8 Å². The van der Waals surface area contributed by atoms with Gasteiger partial charge in [0.15, 0.2) is 0 Å². The summed E-state index contributed by atoms with van der Waals surface area (Å²) in [7, 11) is 6.40. The Morgan fingerprint density at radius 3 is 0.654 bits per heavy atom. The Balaban J connectivity index is -0.000000413. The second kappa shape index (κ2) is 81.6. The van der Waals surface area contributed by atoms with Crippen molar-refractivity contribution in [2.45, 2.75) is 237 Å². The van der Waals surface area contributed by atoms with Gasteiger partial charge in [0.2, 0.25) is 0 Å². The van der Waals surface area contributed by atoms with Crippen molar-refractivity contribution in [3.8, 4) is 23.0 Å². The zero-order valence-corrected chi connectivity index (χ0v) is 62.8. The molecule has 0 amide bonds. The van der Waals surface area contributed by atoms with E-state index in [9.17, 15) is 0 Å². The third kappa shape index (κ3) is 63.8. The van der Waals surface area contributed by atoms with Gasteiger partial charge in [-0.3, -0.25) is 0 Å². The lowest BCUT2D eigenvalue weighted by Gasteiger charge is -2.18. The van der Waals surface area contributed by atoms with E-state index >= 15 is 0 Å². The first kappa shape index (κ1) is 107. The molecule has 0 N–H and O–H groups in total. The van der Waals surface area contributed by atoms with Gasteiger partial charge in [-0.15, -0.1) is 26.3 Å². The fourth-order valence-corrected chi connectivity index (χ4v) is 9.66. The maximum Gasteiger partial charge on any atom is 0.147 e. The van der Waals surface area contributed by atoms with Gasteiger partial charge in [-0.25, -0.2) is 0 Å². The highest BCUT2D eigenvalue weighted by molar-refractivity contribution is 5.30. The molecule has 0 saturated heterocycles. The number of aryl methyl sites for hydroxylation is 4. The molecule has 16 nitrogen and oxygen atoms in total. The molecule has 0 saturated carbocycles. The van der Waals surface area contributed by atoms with Gasteiger partial charge >= 0.3 is 0 Å². The zero-order valence-electron chi connectivity index (χ0n) is 62.8. The normalized spacial score (nSPS) is 11.5. The van der Waals surface area contributed by atoms with Crippen LogP contribution in [0, 0.1) is 0 Å². The van der Waals surface area contributed by atoms with E-state index in [0.717, 1.165) is 48.7 Å². The van der Waals surface area contributed by atoms with Gasteiger partial charge in [0.1, 0.15) is 101 Å².